The van der Waals surface area contributed by atoms with Gasteiger partial charge in [0, 0.05) is 6.04 Å². The van der Waals surface area contributed by atoms with E-state index in [0.29, 0.717) is 11.6 Å². The monoisotopic (exact) mass is 310 g/mol. The fourth-order valence-electron chi connectivity index (χ4n) is 3.20. The highest BCUT2D eigenvalue weighted by atomic mass is 32.2. The highest BCUT2D eigenvalue weighted by molar-refractivity contribution is 7.89. The molecule has 0 spiro atoms. The number of anilines is 1. The first-order valence-corrected chi connectivity index (χ1v) is 9.19. The standard InChI is InChI=1S/C16H26N2O2S/c1-11-9-10-15(17)16(12(11)2)21(19,20)18-13(3)14-7-5-4-6-8-14/h9-10,13-14,18H,4-8,17H2,1-3H3. The molecular weight excluding hydrogens is 284 g/mol. The molecule has 1 aliphatic carbocycles. The van der Waals surface area contributed by atoms with Crippen LogP contribution in [-0.4, -0.2) is 14.5 Å². The second kappa shape index (κ2) is 6.36. The van der Waals surface area contributed by atoms with Gasteiger partial charge < -0.3 is 5.73 Å². The largest absolute Gasteiger partial charge is 0.398 e. The van der Waals surface area contributed by atoms with Crippen LogP contribution in [0.2, 0.25) is 0 Å². The summed E-state index contributed by atoms with van der Waals surface area (Å²) >= 11 is 0. The molecular formula is C16H26N2O2S. The summed E-state index contributed by atoms with van der Waals surface area (Å²) in [5, 5.41) is 0. The Morgan fingerprint density at radius 1 is 1.19 bits per heavy atom. The number of nitrogen functional groups attached to an aromatic ring is 1. The Bertz CT molecular complexity index is 605. The van der Waals surface area contributed by atoms with Crippen molar-refractivity contribution in [3.63, 3.8) is 0 Å². The van der Waals surface area contributed by atoms with Crippen LogP contribution in [0.4, 0.5) is 5.69 Å². The van der Waals surface area contributed by atoms with Gasteiger partial charge in [0.15, 0.2) is 0 Å². The molecule has 1 saturated carbocycles. The van der Waals surface area contributed by atoms with Crippen molar-refractivity contribution >= 4 is 15.7 Å². The van der Waals surface area contributed by atoms with Gasteiger partial charge in [0.2, 0.25) is 10.0 Å². The van der Waals surface area contributed by atoms with E-state index in [0.717, 1.165) is 24.0 Å². The molecule has 2 rings (SSSR count). The first-order valence-electron chi connectivity index (χ1n) is 7.71. The van der Waals surface area contributed by atoms with Gasteiger partial charge in [-0.3, -0.25) is 0 Å². The maximum absolute atomic E-state index is 12.7. The topological polar surface area (TPSA) is 72.2 Å². The number of rotatable bonds is 4. The van der Waals surface area contributed by atoms with Crippen LogP contribution in [-0.2, 0) is 10.0 Å². The molecule has 0 aliphatic heterocycles. The van der Waals surface area contributed by atoms with Crippen LogP contribution in [0.25, 0.3) is 0 Å². The Morgan fingerprint density at radius 3 is 2.43 bits per heavy atom. The lowest BCUT2D eigenvalue weighted by atomic mass is 9.85. The molecule has 0 radical (unpaired) electrons. The second-order valence-corrected chi connectivity index (χ2v) is 7.88. The fourth-order valence-corrected chi connectivity index (χ4v) is 4.94. The van der Waals surface area contributed by atoms with Crippen LogP contribution in [0.5, 0.6) is 0 Å². The molecule has 1 fully saturated rings. The summed E-state index contributed by atoms with van der Waals surface area (Å²) in [6.07, 6.45) is 5.86. The summed E-state index contributed by atoms with van der Waals surface area (Å²) in [6.45, 7) is 5.68. The van der Waals surface area contributed by atoms with Crippen molar-refractivity contribution in [2.24, 2.45) is 5.92 Å². The third-order valence-electron chi connectivity index (χ3n) is 4.67. The summed E-state index contributed by atoms with van der Waals surface area (Å²) in [5.41, 5.74) is 7.91. The van der Waals surface area contributed by atoms with Crippen LogP contribution in [0.15, 0.2) is 17.0 Å². The molecule has 1 aliphatic rings. The highest BCUT2D eigenvalue weighted by Crippen LogP contribution is 2.29. The van der Waals surface area contributed by atoms with E-state index in [1.54, 1.807) is 6.07 Å². The van der Waals surface area contributed by atoms with Gasteiger partial charge in [0.05, 0.1) is 5.69 Å². The molecule has 118 valence electrons. The Kier molecular flexibility index (Phi) is 4.94. The van der Waals surface area contributed by atoms with Crippen LogP contribution >= 0.6 is 0 Å². The molecule has 1 aromatic carbocycles. The molecule has 4 nitrogen and oxygen atoms in total. The minimum absolute atomic E-state index is 0.0467. The first-order chi connectivity index (χ1) is 9.83. The predicted molar refractivity (Wildman–Crippen MR) is 86.7 cm³/mol. The number of sulfonamides is 1. The normalized spacial score (nSPS) is 18.6. The first kappa shape index (κ1) is 16.3. The van der Waals surface area contributed by atoms with Gasteiger partial charge in [0.25, 0.3) is 0 Å². The fraction of sp³-hybridized carbons (Fsp3) is 0.625. The van der Waals surface area contributed by atoms with E-state index >= 15 is 0 Å². The van der Waals surface area contributed by atoms with Gasteiger partial charge >= 0.3 is 0 Å². The van der Waals surface area contributed by atoms with Crippen molar-refractivity contribution < 1.29 is 8.42 Å². The van der Waals surface area contributed by atoms with Gasteiger partial charge in [-0.1, -0.05) is 25.3 Å². The lowest BCUT2D eigenvalue weighted by molar-refractivity contribution is 0.303. The van der Waals surface area contributed by atoms with E-state index in [2.05, 4.69) is 4.72 Å². The summed E-state index contributed by atoms with van der Waals surface area (Å²) in [4.78, 5) is 0.241. The molecule has 3 N–H and O–H groups in total. The van der Waals surface area contributed by atoms with Crippen molar-refractivity contribution in [3.8, 4) is 0 Å². The molecule has 1 aromatic rings. The van der Waals surface area contributed by atoms with Gasteiger partial charge in [0.1, 0.15) is 4.90 Å². The number of hydrogen-bond donors (Lipinski definition) is 2. The lowest BCUT2D eigenvalue weighted by Gasteiger charge is -2.28. The molecule has 0 heterocycles. The van der Waals surface area contributed by atoms with Gasteiger partial charge in [-0.15, -0.1) is 0 Å². The maximum Gasteiger partial charge on any atom is 0.243 e. The summed E-state index contributed by atoms with van der Waals surface area (Å²) < 4.78 is 28.2. The summed E-state index contributed by atoms with van der Waals surface area (Å²) in [7, 11) is -3.57. The Balaban J connectivity index is 2.24. The van der Waals surface area contributed by atoms with Crippen molar-refractivity contribution in [1.29, 1.82) is 0 Å². The Morgan fingerprint density at radius 2 is 1.81 bits per heavy atom. The molecule has 1 atom stereocenters. The number of nitrogens with one attached hydrogen (secondary N) is 1. The average Bonchev–Trinajstić information content (AvgIpc) is 2.43. The zero-order valence-corrected chi connectivity index (χ0v) is 14.0. The van der Waals surface area contributed by atoms with Crippen molar-refractivity contribution in [2.45, 2.75) is 63.8 Å². The summed E-state index contributed by atoms with van der Waals surface area (Å²) in [5.74, 6) is 0.430. The molecule has 5 heteroatoms. The van der Waals surface area contributed by atoms with E-state index in [1.807, 2.05) is 26.8 Å². The quantitative estimate of drug-likeness (QED) is 0.839. The molecule has 0 saturated heterocycles. The smallest absolute Gasteiger partial charge is 0.243 e. The van der Waals surface area contributed by atoms with E-state index in [9.17, 15) is 8.42 Å². The minimum atomic E-state index is -3.57. The Hall–Kier alpha value is -1.07. The molecule has 0 bridgehead atoms. The van der Waals surface area contributed by atoms with Crippen LogP contribution in [0.3, 0.4) is 0 Å². The average molecular weight is 310 g/mol. The molecule has 0 aromatic heterocycles. The maximum atomic E-state index is 12.7. The third kappa shape index (κ3) is 3.58. The van der Waals surface area contributed by atoms with E-state index in [4.69, 9.17) is 5.73 Å². The molecule has 21 heavy (non-hydrogen) atoms. The SMILES string of the molecule is Cc1ccc(N)c(S(=O)(=O)NC(C)C2CCCCC2)c1C. The zero-order chi connectivity index (χ0) is 15.6. The van der Waals surface area contributed by atoms with E-state index in [1.165, 1.54) is 19.3 Å². The predicted octanol–water partition coefficient (Wildman–Crippen LogP) is 3.13. The number of benzene rings is 1. The number of aryl methyl sites for hydroxylation is 1. The van der Waals surface area contributed by atoms with Crippen LogP contribution in [0.1, 0.15) is 50.2 Å². The van der Waals surface area contributed by atoms with Crippen LogP contribution in [0, 0.1) is 19.8 Å². The minimum Gasteiger partial charge on any atom is -0.398 e. The van der Waals surface area contributed by atoms with Crippen molar-refractivity contribution in [1.82, 2.24) is 4.72 Å². The second-order valence-electron chi connectivity index (χ2n) is 6.23. The van der Waals surface area contributed by atoms with E-state index < -0.39 is 10.0 Å². The molecule has 0 amide bonds. The third-order valence-corrected chi connectivity index (χ3v) is 6.44. The van der Waals surface area contributed by atoms with Crippen molar-refractivity contribution in [3.05, 3.63) is 23.3 Å². The van der Waals surface area contributed by atoms with Crippen molar-refractivity contribution in [2.75, 3.05) is 5.73 Å². The Labute approximate surface area is 128 Å². The van der Waals surface area contributed by atoms with Gasteiger partial charge in [-0.25, -0.2) is 13.1 Å². The summed E-state index contributed by atoms with van der Waals surface area (Å²) in [6, 6.07) is 3.48. The van der Waals surface area contributed by atoms with Gasteiger partial charge in [-0.05, 0) is 56.7 Å². The number of nitrogens with two attached hydrogens (primary N) is 1. The van der Waals surface area contributed by atoms with E-state index in [-0.39, 0.29) is 10.9 Å². The zero-order valence-electron chi connectivity index (χ0n) is 13.1. The number of hydrogen-bond acceptors (Lipinski definition) is 3. The lowest BCUT2D eigenvalue weighted by Crippen LogP contribution is -2.39. The van der Waals surface area contributed by atoms with Crippen LogP contribution < -0.4 is 10.5 Å². The van der Waals surface area contributed by atoms with Gasteiger partial charge in [-0.2, -0.15) is 0 Å². The highest BCUT2D eigenvalue weighted by Gasteiger charge is 2.27. The molecule has 1 unspecified atom stereocenters.